The van der Waals surface area contributed by atoms with Gasteiger partial charge in [-0.3, -0.25) is 4.79 Å². The molecule has 2 aromatic heterocycles. The van der Waals surface area contributed by atoms with Gasteiger partial charge in [0.1, 0.15) is 17.9 Å². The van der Waals surface area contributed by atoms with E-state index in [1.807, 2.05) is 54.3 Å². The van der Waals surface area contributed by atoms with Crippen LogP contribution in [0.3, 0.4) is 0 Å². The van der Waals surface area contributed by atoms with Crippen molar-refractivity contribution in [2.24, 2.45) is 5.92 Å². The molecule has 1 saturated carbocycles. The number of halogens is 2. The van der Waals surface area contributed by atoms with Gasteiger partial charge < -0.3 is 25.6 Å². The van der Waals surface area contributed by atoms with E-state index in [-0.39, 0.29) is 18.9 Å². The van der Waals surface area contributed by atoms with Crippen LogP contribution in [0.4, 0.5) is 31.9 Å². The quantitative estimate of drug-likeness (QED) is 0.172. The highest BCUT2D eigenvalue weighted by atomic mass is 28.3. The number of carbonyl (C=O) groups is 1. The number of benzene rings is 2. The van der Waals surface area contributed by atoms with Crippen molar-refractivity contribution in [2.75, 3.05) is 28.3 Å². The first-order chi connectivity index (χ1) is 21.6. The van der Waals surface area contributed by atoms with Crippen molar-refractivity contribution < 1.29 is 18.7 Å². The molecule has 1 saturated heterocycles. The molecule has 2 fully saturated rings. The van der Waals surface area contributed by atoms with Crippen molar-refractivity contribution in [3.05, 3.63) is 54.2 Å². The van der Waals surface area contributed by atoms with Gasteiger partial charge in [0, 0.05) is 31.6 Å². The van der Waals surface area contributed by atoms with Crippen LogP contribution in [-0.2, 0) is 17.8 Å². The summed E-state index contributed by atoms with van der Waals surface area (Å²) in [5.41, 5.74) is 3.95. The minimum absolute atomic E-state index is 0.281. The number of rotatable bonds is 8. The molecular weight excluding hydrogens is 596 g/mol. The minimum Gasteiger partial charge on any atom is -0.391 e. The van der Waals surface area contributed by atoms with E-state index in [0.29, 0.717) is 61.0 Å². The second-order valence-corrected chi connectivity index (χ2v) is 14.7. The van der Waals surface area contributed by atoms with Crippen molar-refractivity contribution in [3.8, 4) is 12.3 Å². The molecule has 2 aromatic carbocycles. The highest BCUT2D eigenvalue weighted by Gasteiger charge is 2.58. The highest BCUT2D eigenvalue weighted by molar-refractivity contribution is 6.80. The molecule has 231 valence electrons. The number of anilines is 4. The van der Waals surface area contributed by atoms with Crippen molar-refractivity contribution in [1.29, 1.82) is 0 Å². The number of alkyl halides is 2. The van der Waals surface area contributed by atoms with Crippen molar-refractivity contribution in [2.45, 2.75) is 56.3 Å². The van der Waals surface area contributed by atoms with Gasteiger partial charge in [-0.05, 0) is 48.7 Å². The third kappa shape index (κ3) is 5.69. The zero-order chi connectivity index (χ0) is 31.3. The summed E-state index contributed by atoms with van der Waals surface area (Å²) in [6.07, 6.45) is 8.71. The molecule has 3 aliphatic rings. The molecule has 1 radical (unpaired) electrons. The van der Waals surface area contributed by atoms with E-state index >= 15 is 0 Å². The molecule has 14 heteroatoms. The molecular formula is C31H32F2N9O2Si. The number of aliphatic hydroxyl groups is 1. The maximum atomic E-state index is 13.5. The number of terminal acetylenes is 1. The van der Waals surface area contributed by atoms with Crippen LogP contribution in [0.2, 0.25) is 0 Å². The Morgan fingerprint density at radius 1 is 1.27 bits per heavy atom. The second-order valence-electron chi connectivity index (χ2n) is 12.1. The van der Waals surface area contributed by atoms with Gasteiger partial charge in [0.15, 0.2) is 0 Å². The van der Waals surface area contributed by atoms with E-state index in [2.05, 4.69) is 36.8 Å². The van der Waals surface area contributed by atoms with E-state index in [9.17, 15) is 18.7 Å². The predicted octanol–water partition coefficient (Wildman–Crippen LogP) is 2.50. The average molecular weight is 629 g/mol. The van der Waals surface area contributed by atoms with Gasteiger partial charge in [-0.1, -0.05) is 35.4 Å². The Balaban J connectivity index is 1.20. The van der Waals surface area contributed by atoms with E-state index in [4.69, 9.17) is 11.4 Å². The van der Waals surface area contributed by atoms with E-state index < -0.39 is 32.1 Å². The molecule has 1 aliphatic carbocycles. The fraction of sp³-hybridized carbons (Fsp3) is 0.387. The maximum absolute atomic E-state index is 13.5. The average Bonchev–Trinajstić information content (AvgIpc) is 3.30. The van der Waals surface area contributed by atoms with Crippen molar-refractivity contribution in [3.63, 3.8) is 0 Å². The van der Waals surface area contributed by atoms with Gasteiger partial charge in [0.2, 0.25) is 20.8 Å². The van der Waals surface area contributed by atoms with Crippen LogP contribution >= 0.6 is 0 Å². The van der Waals surface area contributed by atoms with Crippen molar-refractivity contribution >= 4 is 54.2 Å². The Labute approximate surface area is 260 Å². The van der Waals surface area contributed by atoms with E-state index in [1.54, 1.807) is 10.9 Å². The van der Waals surface area contributed by atoms with Crippen molar-refractivity contribution in [1.82, 2.24) is 30.3 Å². The summed E-state index contributed by atoms with van der Waals surface area (Å²) in [7, 11) is -1.77. The van der Waals surface area contributed by atoms with Gasteiger partial charge in [-0.15, -0.1) is 11.5 Å². The Morgan fingerprint density at radius 2 is 2.09 bits per heavy atom. The van der Waals surface area contributed by atoms with Crippen LogP contribution in [0, 0.1) is 18.3 Å². The lowest BCUT2D eigenvalue weighted by molar-refractivity contribution is -0.126. The number of nitrogens with one attached hydrogen (secondary N) is 3. The number of nitrogens with zero attached hydrogens (tertiary/aromatic N) is 6. The Bertz CT molecular complexity index is 1820. The van der Waals surface area contributed by atoms with E-state index in [1.165, 1.54) is 0 Å². The molecule has 1 unspecified atom stereocenters. The van der Waals surface area contributed by atoms with Gasteiger partial charge in [-0.2, -0.15) is 4.98 Å². The van der Waals surface area contributed by atoms with E-state index in [0.717, 1.165) is 16.3 Å². The van der Waals surface area contributed by atoms with Crippen LogP contribution in [0.25, 0.3) is 11.0 Å². The van der Waals surface area contributed by atoms with Gasteiger partial charge >= 0.3 is 0 Å². The molecule has 7 rings (SSSR count). The molecule has 2 aliphatic heterocycles. The lowest BCUT2D eigenvalue weighted by Crippen LogP contribution is -2.53. The number of aromatic nitrogens is 5. The minimum atomic E-state index is -2.82. The largest absolute Gasteiger partial charge is 0.391 e. The lowest BCUT2D eigenvalue weighted by atomic mass is 9.96. The SMILES string of the molecule is C#CCn1nnc2ccc(Nc3ncc(N4CCC[C@H](C(=O)NC5CC5(F)F)C4)c(N[Si]4c5ccccc5C[C@@]4(C)O)n3)cc21. The second kappa shape index (κ2) is 11.1. The van der Waals surface area contributed by atoms with Crippen LogP contribution < -0.4 is 25.7 Å². The van der Waals surface area contributed by atoms with Crippen LogP contribution in [0.5, 0.6) is 0 Å². The first-order valence-electron chi connectivity index (χ1n) is 14.9. The molecule has 11 nitrogen and oxygen atoms in total. The molecule has 45 heavy (non-hydrogen) atoms. The third-order valence-electron chi connectivity index (χ3n) is 8.66. The molecule has 4 heterocycles. The fourth-order valence-corrected chi connectivity index (χ4v) is 8.72. The van der Waals surface area contributed by atoms with Crippen LogP contribution in [0.15, 0.2) is 48.7 Å². The third-order valence-corrected chi connectivity index (χ3v) is 11.4. The maximum Gasteiger partial charge on any atom is 0.270 e. The summed E-state index contributed by atoms with van der Waals surface area (Å²) in [5.74, 6) is -0.201. The smallest absolute Gasteiger partial charge is 0.270 e. The number of hydrogen-bond donors (Lipinski definition) is 4. The number of piperidine rings is 1. The van der Waals surface area contributed by atoms with Gasteiger partial charge in [0.25, 0.3) is 5.92 Å². The summed E-state index contributed by atoms with van der Waals surface area (Å²) >= 11 is 0. The first-order valence-corrected chi connectivity index (χ1v) is 16.4. The Hall–Kier alpha value is -4.61. The molecule has 4 N–H and O–H groups in total. The number of hydrogen-bond acceptors (Lipinski definition) is 9. The lowest BCUT2D eigenvalue weighted by Gasteiger charge is -2.35. The number of fused-ring (bicyclic) bond motifs is 2. The summed E-state index contributed by atoms with van der Waals surface area (Å²) < 4.78 is 28.6. The summed E-state index contributed by atoms with van der Waals surface area (Å²) in [6, 6.07) is 12.5. The highest BCUT2D eigenvalue weighted by Crippen LogP contribution is 2.42. The fourth-order valence-electron chi connectivity index (χ4n) is 6.19. The standard InChI is InChI=1S/C31H32F2N9O2Si/c1-3-12-42-23-14-21(10-11-22(23)38-40-42)35-29-34-17-24(41-13-6-8-20(18-41)28(43)36-26-16-31(26,32)33)27(37-29)39-45-25-9-5-4-7-19(25)15-30(45,2)44/h1,4-5,7,9-11,14,17,20,26,44H,6,8,12-13,15-16,18H2,2H3,(H,36,43)(H2,34,35,37,39)/t20-,26?,30-/m0/s1. The molecule has 0 bridgehead atoms. The normalized spacial score (nSPS) is 23.8. The first kappa shape index (κ1) is 29.1. The number of amides is 1. The Morgan fingerprint density at radius 3 is 2.89 bits per heavy atom. The molecule has 0 spiro atoms. The summed E-state index contributed by atoms with van der Waals surface area (Å²) in [4.78, 5) is 28.0. The zero-order valence-corrected chi connectivity index (χ0v) is 25.6. The van der Waals surface area contributed by atoms with Gasteiger partial charge in [-0.25, -0.2) is 18.4 Å². The summed E-state index contributed by atoms with van der Waals surface area (Å²) in [6.45, 7) is 3.11. The van der Waals surface area contributed by atoms with Crippen LogP contribution in [0.1, 0.15) is 31.7 Å². The molecule has 3 atom stereocenters. The molecule has 1 amide bonds. The molecule has 4 aromatic rings. The zero-order valence-electron chi connectivity index (χ0n) is 24.6. The monoisotopic (exact) mass is 628 g/mol. The number of carbonyl (C=O) groups excluding carboxylic acids is 1. The summed E-state index contributed by atoms with van der Waals surface area (Å²) in [5, 5.41) is 25.6. The van der Waals surface area contributed by atoms with Gasteiger partial charge in [0.05, 0.1) is 34.6 Å². The Kier molecular flexibility index (Phi) is 7.17. The van der Waals surface area contributed by atoms with Crippen LogP contribution in [-0.4, -0.2) is 75.2 Å². The topological polar surface area (TPSA) is 133 Å². The predicted molar refractivity (Wildman–Crippen MR) is 168 cm³/mol.